The van der Waals surface area contributed by atoms with Gasteiger partial charge in [0, 0.05) is 12.6 Å². The summed E-state index contributed by atoms with van der Waals surface area (Å²) in [5.74, 6) is 0. The van der Waals surface area contributed by atoms with Crippen LogP contribution < -0.4 is 4.72 Å². The molecule has 1 fully saturated rings. The molecule has 78 valence electrons. The predicted molar refractivity (Wildman–Crippen MR) is 51.0 cm³/mol. The van der Waals surface area contributed by atoms with Gasteiger partial charge < -0.3 is 4.74 Å². The third kappa shape index (κ3) is 2.93. The Hall–Kier alpha value is -0.130. The Balaban J connectivity index is 2.54. The first-order chi connectivity index (χ1) is 6.06. The summed E-state index contributed by atoms with van der Waals surface area (Å²) in [5, 5.41) is -0.346. The van der Waals surface area contributed by atoms with E-state index < -0.39 is 10.0 Å². The van der Waals surface area contributed by atoms with Gasteiger partial charge in [-0.1, -0.05) is 6.92 Å². The summed E-state index contributed by atoms with van der Waals surface area (Å²) in [6.07, 6.45) is 1.43. The minimum absolute atomic E-state index is 0.0191. The maximum absolute atomic E-state index is 11.6. The van der Waals surface area contributed by atoms with Gasteiger partial charge in [-0.25, -0.2) is 13.1 Å². The van der Waals surface area contributed by atoms with E-state index in [-0.39, 0.29) is 11.3 Å². The Morgan fingerprint density at radius 2 is 2.31 bits per heavy atom. The van der Waals surface area contributed by atoms with E-state index in [1.807, 2.05) is 13.8 Å². The largest absolute Gasteiger partial charge is 0.380 e. The van der Waals surface area contributed by atoms with Gasteiger partial charge in [0.05, 0.1) is 6.61 Å². The lowest BCUT2D eigenvalue weighted by molar-refractivity contribution is 0.198. The average molecular weight is 207 g/mol. The quantitative estimate of drug-likeness (QED) is 0.730. The van der Waals surface area contributed by atoms with Crippen LogP contribution in [0.25, 0.3) is 0 Å². The standard InChI is InChI=1S/C8H17NO3S/c1-3-7(2)9-13(10,11)8-4-5-12-6-8/h7-9H,3-6H2,1-2H3. The molecular weight excluding hydrogens is 190 g/mol. The summed E-state index contributed by atoms with van der Waals surface area (Å²) in [6.45, 7) is 4.73. The molecule has 1 N–H and O–H groups in total. The summed E-state index contributed by atoms with van der Waals surface area (Å²) in [4.78, 5) is 0. The number of hydrogen-bond acceptors (Lipinski definition) is 3. The smallest absolute Gasteiger partial charge is 0.217 e. The van der Waals surface area contributed by atoms with Gasteiger partial charge in [-0.15, -0.1) is 0 Å². The van der Waals surface area contributed by atoms with Crippen molar-refractivity contribution >= 4 is 10.0 Å². The summed E-state index contributed by atoms with van der Waals surface area (Å²) < 4.78 is 30.9. The molecule has 0 amide bonds. The fraction of sp³-hybridized carbons (Fsp3) is 1.00. The number of nitrogens with one attached hydrogen (secondary N) is 1. The van der Waals surface area contributed by atoms with Crippen LogP contribution in [-0.4, -0.2) is 32.9 Å². The number of hydrogen-bond donors (Lipinski definition) is 1. The van der Waals surface area contributed by atoms with Crippen molar-refractivity contribution in [3.05, 3.63) is 0 Å². The summed E-state index contributed by atoms with van der Waals surface area (Å²) in [5.41, 5.74) is 0. The van der Waals surface area contributed by atoms with Gasteiger partial charge in [0.2, 0.25) is 10.0 Å². The minimum Gasteiger partial charge on any atom is -0.380 e. The zero-order chi connectivity index (χ0) is 9.90. The second-order valence-electron chi connectivity index (χ2n) is 3.46. The lowest BCUT2D eigenvalue weighted by Gasteiger charge is -2.15. The third-order valence-corrected chi connectivity index (χ3v) is 4.28. The van der Waals surface area contributed by atoms with Crippen LogP contribution in [0.5, 0.6) is 0 Å². The maximum atomic E-state index is 11.6. The van der Waals surface area contributed by atoms with E-state index in [0.717, 1.165) is 6.42 Å². The molecule has 0 saturated carbocycles. The van der Waals surface area contributed by atoms with E-state index >= 15 is 0 Å². The van der Waals surface area contributed by atoms with E-state index in [1.165, 1.54) is 0 Å². The first-order valence-electron chi connectivity index (χ1n) is 4.65. The summed E-state index contributed by atoms with van der Waals surface area (Å²) >= 11 is 0. The van der Waals surface area contributed by atoms with Crippen molar-refractivity contribution < 1.29 is 13.2 Å². The Bertz CT molecular complexity index is 244. The molecule has 13 heavy (non-hydrogen) atoms. The number of sulfonamides is 1. The Kier molecular flexibility index (Phi) is 3.70. The van der Waals surface area contributed by atoms with Crippen LogP contribution in [0.3, 0.4) is 0 Å². The van der Waals surface area contributed by atoms with Crippen LogP contribution in [0.2, 0.25) is 0 Å². The molecule has 0 bridgehead atoms. The fourth-order valence-corrected chi connectivity index (χ4v) is 2.82. The SMILES string of the molecule is CCC(C)NS(=O)(=O)C1CCOC1. The first-order valence-corrected chi connectivity index (χ1v) is 6.19. The maximum Gasteiger partial charge on any atom is 0.217 e. The van der Waals surface area contributed by atoms with Crippen molar-refractivity contribution in [1.82, 2.24) is 4.72 Å². The lowest BCUT2D eigenvalue weighted by Crippen LogP contribution is -2.39. The average Bonchev–Trinajstić information content (AvgIpc) is 2.55. The van der Waals surface area contributed by atoms with Crippen LogP contribution in [0.4, 0.5) is 0 Å². The predicted octanol–water partition coefficient (Wildman–Crippen LogP) is 0.493. The van der Waals surface area contributed by atoms with Crippen molar-refractivity contribution in [1.29, 1.82) is 0 Å². The lowest BCUT2D eigenvalue weighted by atomic mass is 10.3. The monoisotopic (exact) mass is 207 g/mol. The molecule has 4 nitrogen and oxygen atoms in total. The van der Waals surface area contributed by atoms with Crippen LogP contribution in [-0.2, 0) is 14.8 Å². The van der Waals surface area contributed by atoms with E-state index in [0.29, 0.717) is 19.6 Å². The molecule has 0 aliphatic carbocycles. The second-order valence-corrected chi connectivity index (χ2v) is 5.45. The Morgan fingerprint density at radius 3 is 2.77 bits per heavy atom. The van der Waals surface area contributed by atoms with Gasteiger partial charge in [0.15, 0.2) is 0 Å². The van der Waals surface area contributed by atoms with Crippen molar-refractivity contribution in [2.24, 2.45) is 0 Å². The van der Waals surface area contributed by atoms with Gasteiger partial charge >= 0.3 is 0 Å². The molecular formula is C8H17NO3S. The second kappa shape index (κ2) is 4.39. The zero-order valence-corrected chi connectivity index (χ0v) is 8.93. The molecule has 0 aromatic rings. The van der Waals surface area contributed by atoms with Gasteiger partial charge in [0.25, 0.3) is 0 Å². The van der Waals surface area contributed by atoms with Crippen molar-refractivity contribution in [2.45, 2.75) is 38.0 Å². The van der Waals surface area contributed by atoms with Crippen molar-refractivity contribution in [2.75, 3.05) is 13.2 Å². The minimum atomic E-state index is -3.15. The molecule has 1 aliphatic rings. The van der Waals surface area contributed by atoms with E-state index in [9.17, 15) is 8.42 Å². The van der Waals surface area contributed by atoms with Crippen LogP contribution in [0.15, 0.2) is 0 Å². The molecule has 1 heterocycles. The van der Waals surface area contributed by atoms with E-state index in [2.05, 4.69) is 4.72 Å². The molecule has 2 unspecified atom stereocenters. The van der Waals surface area contributed by atoms with Crippen LogP contribution in [0.1, 0.15) is 26.7 Å². The Labute approximate surface area is 79.7 Å². The highest BCUT2D eigenvalue weighted by atomic mass is 32.2. The van der Waals surface area contributed by atoms with Crippen LogP contribution >= 0.6 is 0 Å². The zero-order valence-electron chi connectivity index (χ0n) is 8.12. The highest BCUT2D eigenvalue weighted by Gasteiger charge is 2.29. The molecule has 1 rings (SSSR count). The highest BCUT2D eigenvalue weighted by Crippen LogP contribution is 2.13. The van der Waals surface area contributed by atoms with E-state index in [1.54, 1.807) is 0 Å². The van der Waals surface area contributed by atoms with Gasteiger partial charge in [-0.05, 0) is 19.8 Å². The molecule has 0 aromatic heterocycles. The van der Waals surface area contributed by atoms with Crippen LogP contribution in [0, 0.1) is 0 Å². The summed E-state index contributed by atoms with van der Waals surface area (Å²) in [6, 6.07) is 0.0191. The van der Waals surface area contributed by atoms with Gasteiger partial charge in [0.1, 0.15) is 5.25 Å². The molecule has 5 heteroatoms. The number of ether oxygens (including phenoxy) is 1. The van der Waals surface area contributed by atoms with Gasteiger partial charge in [-0.3, -0.25) is 0 Å². The van der Waals surface area contributed by atoms with Gasteiger partial charge in [-0.2, -0.15) is 0 Å². The molecule has 0 aromatic carbocycles. The van der Waals surface area contributed by atoms with Crippen molar-refractivity contribution in [3.8, 4) is 0 Å². The molecule has 1 saturated heterocycles. The molecule has 0 spiro atoms. The third-order valence-electron chi connectivity index (χ3n) is 2.30. The number of rotatable bonds is 4. The van der Waals surface area contributed by atoms with E-state index in [4.69, 9.17) is 4.74 Å². The topological polar surface area (TPSA) is 55.4 Å². The summed E-state index contributed by atoms with van der Waals surface area (Å²) in [7, 11) is -3.15. The molecule has 0 radical (unpaired) electrons. The fourth-order valence-electron chi connectivity index (χ4n) is 1.22. The molecule has 1 aliphatic heterocycles. The normalized spacial score (nSPS) is 26.2. The van der Waals surface area contributed by atoms with Crippen molar-refractivity contribution in [3.63, 3.8) is 0 Å². The molecule has 2 atom stereocenters. The highest BCUT2D eigenvalue weighted by molar-refractivity contribution is 7.90. The first kappa shape index (κ1) is 10.9. The Morgan fingerprint density at radius 1 is 1.62 bits per heavy atom.